The first-order valence-electron chi connectivity index (χ1n) is 5.14. The number of hydrogen-bond donors (Lipinski definition) is 1. The Morgan fingerprint density at radius 3 is 2.35 bits per heavy atom. The molecule has 84 valence electrons. The van der Waals surface area contributed by atoms with E-state index in [2.05, 4.69) is 0 Å². The summed E-state index contributed by atoms with van der Waals surface area (Å²) in [7, 11) is 0. The van der Waals surface area contributed by atoms with Gasteiger partial charge >= 0.3 is 0 Å². The minimum absolute atomic E-state index is 0.391. The molecule has 2 rings (SSSR count). The molecule has 1 atom stereocenters. The molecule has 0 amide bonds. The maximum atomic E-state index is 13.0. The molecule has 2 nitrogen and oxygen atoms in total. The highest BCUT2D eigenvalue weighted by Gasteiger charge is 2.11. The van der Waals surface area contributed by atoms with Crippen LogP contribution < -0.4 is 0 Å². The molecule has 3 heteroatoms. The zero-order chi connectivity index (χ0) is 12.3. The summed E-state index contributed by atoms with van der Waals surface area (Å²) in [6, 6.07) is 14.4. The molecule has 0 saturated carbocycles. The molecule has 17 heavy (non-hydrogen) atoms. The zero-order valence-electron chi connectivity index (χ0n) is 8.97. The molecule has 0 heterocycles. The van der Waals surface area contributed by atoms with Crippen molar-refractivity contribution in [2.75, 3.05) is 0 Å². The first-order chi connectivity index (χ1) is 8.20. The minimum Gasteiger partial charge on any atom is -0.384 e. The molecule has 0 aliphatic heterocycles. The summed E-state index contributed by atoms with van der Waals surface area (Å²) < 4.78 is 13.0. The molecule has 0 aliphatic rings. The van der Waals surface area contributed by atoms with Crippen molar-refractivity contribution >= 4 is 0 Å². The van der Waals surface area contributed by atoms with Crippen LogP contribution in [0.25, 0.3) is 0 Å². The van der Waals surface area contributed by atoms with E-state index in [4.69, 9.17) is 5.26 Å². The molecule has 1 unspecified atom stereocenters. The molecule has 0 fully saturated rings. The Morgan fingerprint density at radius 2 is 1.71 bits per heavy atom. The summed E-state index contributed by atoms with van der Waals surface area (Å²) in [5.74, 6) is -0.391. The number of nitrogens with zero attached hydrogens (tertiary/aromatic N) is 1. The lowest BCUT2D eigenvalue weighted by Gasteiger charge is -2.11. The van der Waals surface area contributed by atoms with Gasteiger partial charge in [-0.05, 0) is 35.4 Å². The second kappa shape index (κ2) is 4.77. The third kappa shape index (κ3) is 2.49. The van der Waals surface area contributed by atoms with E-state index in [0.717, 1.165) is 0 Å². The molecule has 0 aromatic heterocycles. The molecular formula is C14H10FNO. The van der Waals surface area contributed by atoms with E-state index in [-0.39, 0.29) is 0 Å². The van der Waals surface area contributed by atoms with Crippen molar-refractivity contribution in [2.24, 2.45) is 0 Å². The average molecular weight is 227 g/mol. The van der Waals surface area contributed by atoms with E-state index in [9.17, 15) is 9.50 Å². The van der Waals surface area contributed by atoms with E-state index in [1.807, 2.05) is 6.07 Å². The highest BCUT2D eigenvalue weighted by molar-refractivity contribution is 5.37. The SMILES string of the molecule is N#Cc1cccc(C(O)c2cccc(F)c2)c1. The molecule has 0 spiro atoms. The Kier molecular flexibility index (Phi) is 3.17. The number of halogens is 1. The van der Waals surface area contributed by atoms with Gasteiger partial charge in [-0.1, -0.05) is 24.3 Å². The standard InChI is InChI=1S/C14H10FNO/c15-13-6-2-5-12(8-13)14(17)11-4-1-3-10(7-11)9-16/h1-8,14,17H. The van der Waals surface area contributed by atoms with Gasteiger partial charge in [0.1, 0.15) is 11.9 Å². The molecular weight excluding hydrogens is 217 g/mol. The van der Waals surface area contributed by atoms with E-state index in [1.54, 1.807) is 36.4 Å². The predicted octanol–water partition coefficient (Wildman–Crippen LogP) is 2.78. The Bertz CT molecular complexity index is 574. The lowest BCUT2D eigenvalue weighted by atomic mass is 10.00. The molecule has 0 saturated heterocycles. The maximum absolute atomic E-state index is 13.0. The zero-order valence-corrected chi connectivity index (χ0v) is 8.97. The molecule has 1 N–H and O–H groups in total. The van der Waals surface area contributed by atoms with Gasteiger partial charge in [-0.2, -0.15) is 5.26 Å². The fraction of sp³-hybridized carbons (Fsp3) is 0.0714. The van der Waals surface area contributed by atoms with Gasteiger partial charge in [0.25, 0.3) is 0 Å². The van der Waals surface area contributed by atoms with Crippen molar-refractivity contribution in [1.29, 1.82) is 5.26 Å². The number of benzene rings is 2. The van der Waals surface area contributed by atoms with Gasteiger partial charge in [0.2, 0.25) is 0 Å². The number of aliphatic hydroxyl groups excluding tert-OH is 1. The van der Waals surface area contributed by atoms with Crippen LogP contribution in [-0.2, 0) is 0 Å². The lowest BCUT2D eigenvalue weighted by Crippen LogP contribution is -2.00. The van der Waals surface area contributed by atoms with Crippen LogP contribution in [0.15, 0.2) is 48.5 Å². The quantitative estimate of drug-likeness (QED) is 0.857. The molecule has 2 aromatic rings. The van der Waals surface area contributed by atoms with Crippen molar-refractivity contribution in [1.82, 2.24) is 0 Å². The van der Waals surface area contributed by atoms with Crippen LogP contribution in [0, 0.1) is 17.1 Å². The minimum atomic E-state index is -0.918. The summed E-state index contributed by atoms with van der Waals surface area (Å²) in [5.41, 5.74) is 1.52. The number of hydrogen-bond acceptors (Lipinski definition) is 2. The normalized spacial score (nSPS) is 11.8. The summed E-state index contributed by atoms with van der Waals surface area (Å²) in [5, 5.41) is 18.8. The molecule has 0 bridgehead atoms. The second-order valence-corrected chi connectivity index (χ2v) is 3.69. The van der Waals surface area contributed by atoms with Crippen molar-refractivity contribution in [2.45, 2.75) is 6.10 Å². The van der Waals surface area contributed by atoms with Gasteiger partial charge in [0, 0.05) is 0 Å². The second-order valence-electron chi connectivity index (χ2n) is 3.69. The Labute approximate surface area is 98.6 Å². The number of aliphatic hydroxyl groups is 1. The van der Waals surface area contributed by atoms with Crippen molar-refractivity contribution in [3.8, 4) is 6.07 Å². The maximum Gasteiger partial charge on any atom is 0.123 e. The monoisotopic (exact) mass is 227 g/mol. The van der Waals surface area contributed by atoms with Gasteiger partial charge in [0.05, 0.1) is 11.6 Å². The highest BCUT2D eigenvalue weighted by atomic mass is 19.1. The van der Waals surface area contributed by atoms with Crippen LogP contribution in [-0.4, -0.2) is 5.11 Å². The Balaban J connectivity index is 2.37. The van der Waals surface area contributed by atoms with Crippen LogP contribution in [0.4, 0.5) is 4.39 Å². The Hall–Kier alpha value is -2.18. The predicted molar refractivity (Wildman–Crippen MR) is 61.6 cm³/mol. The third-order valence-corrected chi connectivity index (χ3v) is 2.50. The van der Waals surface area contributed by atoms with Gasteiger partial charge in [-0.25, -0.2) is 4.39 Å². The van der Waals surface area contributed by atoms with Crippen molar-refractivity contribution in [3.05, 3.63) is 71.0 Å². The van der Waals surface area contributed by atoms with E-state index in [1.165, 1.54) is 12.1 Å². The molecule has 0 radical (unpaired) electrons. The van der Waals surface area contributed by atoms with Crippen molar-refractivity contribution in [3.63, 3.8) is 0 Å². The number of nitriles is 1. The summed E-state index contributed by atoms with van der Waals surface area (Å²) in [4.78, 5) is 0. The summed E-state index contributed by atoms with van der Waals surface area (Å²) in [6.07, 6.45) is -0.918. The largest absolute Gasteiger partial charge is 0.384 e. The van der Waals surface area contributed by atoms with Crippen LogP contribution in [0.1, 0.15) is 22.8 Å². The fourth-order valence-corrected chi connectivity index (χ4v) is 1.65. The lowest BCUT2D eigenvalue weighted by molar-refractivity contribution is 0.220. The first kappa shape index (κ1) is 11.3. The van der Waals surface area contributed by atoms with E-state index >= 15 is 0 Å². The van der Waals surface area contributed by atoms with E-state index < -0.39 is 11.9 Å². The highest BCUT2D eigenvalue weighted by Crippen LogP contribution is 2.22. The van der Waals surface area contributed by atoms with Gasteiger partial charge in [-0.15, -0.1) is 0 Å². The average Bonchev–Trinajstić information content (AvgIpc) is 2.38. The third-order valence-electron chi connectivity index (χ3n) is 2.50. The van der Waals surface area contributed by atoms with Crippen LogP contribution >= 0.6 is 0 Å². The summed E-state index contributed by atoms with van der Waals surface area (Å²) in [6.45, 7) is 0. The van der Waals surface area contributed by atoms with Crippen molar-refractivity contribution < 1.29 is 9.50 Å². The topological polar surface area (TPSA) is 44.0 Å². The van der Waals surface area contributed by atoms with Crippen LogP contribution in [0.2, 0.25) is 0 Å². The summed E-state index contributed by atoms with van der Waals surface area (Å²) >= 11 is 0. The first-order valence-corrected chi connectivity index (χ1v) is 5.14. The molecule has 0 aliphatic carbocycles. The molecule has 2 aromatic carbocycles. The van der Waals surface area contributed by atoms with Crippen LogP contribution in [0.5, 0.6) is 0 Å². The number of rotatable bonds is 2. The fourth-order valence-electron chi connectivity index (χ4n) is 1.65. The van der Waals surface area contributed by atoms with Gasteiger partial charge in [0.15, 0.2) is 0 Å². The Morgan fingerprint density at radius 1 is 1.06 bits per heavy atom. The van der Waals surface area contributed by atoms with Gasteiger partial charge in [-0.3, -0.25) is 0 Å². The van der Waals surface area contributed by atoms with Gasteiger partial charge < -0.3 is 5.11 Å². The van der Waals surface area contributed by atoms with E-state index in [0.29, 0.717) is 16.7 Å². The smallest absolute Gasteiger partial charge is 0.123 e. The van der Waals surface area contributed by atoms with Crippen LogP contribution in [0.3, 0.4) is 0 Å².